The minimum atomic E-state index is -0.342. The monoisotopic (exact) mass is 421 g/mol. The van der Waals surface area contributed by atoms with E-state index in [1.165, 1.54) is 4.90 Å². The Morgan fingerprint density at radius 1 is 1.13 bits per heavy atom. The third kappa shape index (κ3) is 5.93. The van der Waals surface area contributed by atoms with Gasteiger partial charge in [-0.2, -0.15) is 4.98 Å². The Labute approximate surface area is 182 Å². The zero-order valence-corrected chi connectivity index (χ0v) is 18.1. The van der Waals surface area contributed by atoms with Crippen molar-refractivity contribution in [1.29, 1.82) is 0 Å². The van der Waals surface area contributed by atoms with E-state index in [-0.39, 0.29) is 12.1 Å². The number of carbonyl (C=O) groups excluding carboxylic acids is 1. The molecule has 0 saturated carbocycles. The minimum absolute atomic E-state index is 0.0100. The van der Waals surface area contributed by atoms with Crippen LogP contribution in [0, 0.1) is 6.92 Å². The fourth-order valence-corrected chi connectivity index (χ4v) is 3.04. The highest BCUT2D eigenvalue weighted by molar-refractivity contribution is 6.06. The summed E-state index contributed by atoms with van der Waals surface area (Å²) in [7, 11) is 3.23. The number of urea groups is 1. The van der Waals surface area contributed by atoms with Crippen LogP contribution in [0.2, 0.25) is 0 Å². The van der Waals surface area contributed by atoms with E-state index in [2.05, 4.69) is 20.6 Å². The Balaban J connectivity index is 1.94. The van der Waals surface area contributed by atoms with Crippen molar-refractivity contribution in [2.75, 3.05) is 36.4 Å². The Morgan fingerprint density at radius 2 is 1.90 bits per heavy atom. The number of nitrogens with one attached hydrogen (secondary N) is 2. The molecular formula is C23H27N5O3. The van der Waals surface area contributed by atoms with Crippen LogP contribution in [0.1, 0.15) is 12.5 Å². The van der Waals surface area contributed by atoms with Crippen molar-refractivity contribution in [1.82, 2.24) is 9.97 Å². The number of hydrogen-bond acceptors (Lipinski definition) is 6. The summed E-state index contributed by atoms with van der Waals surface area (Å²) < 4.78 is 10.4. The van der Waals surface area contributed by atoms with Crippen molar-refractivity contribution in [3.05, 3.63) is 66.4 Å². The van der Waals surface area contributed by atoms with Gasteiger partial charge in [0.15, 0.2) is 0 Å². The summed E-state index contributed by atoms with van der Waals surface area (Å²) in [6, 6.07) is 16.2. The van der Waals surface area contributed by atoms with E-state index in [9.17, 15) is 4.79 Å². The molecule has 1 heterocycles. The molecule has 3 rings (SSSR count). The van der Waals surface area contributed by atoms with Gasteiger partial charge >= 0.3 is 6.03 Å². The van der Waals surface area contributed by atoms with Crippen LogP contribution in [0.4, 0.5) is 27.9 Å². The average molecular weight is 422 g/mol. The summed E-state index contributed by atoms with van der Waals surface area (Å²) in [5.74, 6) is 1.53. The van der Waals surface area contributed by atoms with Crippen LogP contribution in [-0.4, -0.2) is 42.9 Å². The summed E-state index contributed by atoms with van der Waals surface area (Å²) in [4.78, 5) is 23.6. The molecule has 3 aromatic rings. The van der Waals surface area contributed by atoms with Gasteiger partial charge in [0.25, 0.3) is 0 Å². The predicted molar refractivity (Wildman–Crippen MR) is 122 cm³/mol. The van der Waals surface area contributed by atoms with Gasteiger partial charge in [-0.1, -0.05) is 12.1 Å². The molecule has 0 unspecified atom stereocenters. The van der Waals surface area contributed by atoms with Gasteiger partial charge in [-0.05, 0) is 55.8 Å². The van der Waals surface area contributed by atoms with Crippen molar-refractivity contribution < 1.29 is 14.3 Å². The Hall–Kier alpha value is -3.65. The van der Waals surface area contributed by atoms with E-state index in [1.807, 2.05) is 38.1 Å². The molecule has 0 fully saturated rings. The topological polar surface area (TPSA) is 88.6 Å². The molecule has 0 spiro atoms. The first-order chi connectivity index (χ1) is 15.0. The summed E-state index contributed by atoms with van der Waals surface area (Å²) in [6.45, 7) is 4.44. The molecule has 0 aliphatic heterocycles. The standard InChI is InChI=1S/C23H27N5O3/c1-16-6-5-7-18(14-16)26-23(29)28(19-8-10-20(31-4)11-9-19)21-12-13-24-22(27-21)25-17(2)15-30-3/h5-14,17H,15H2,1-4H3,(H,26,29)(H,24,25,27)/t17-/m0/s1. The van der Waals surface area contributed by atoms with Crippen LogP contribution in [0.3, 0.4) is 0 Å². The number of aryl methyl sites for hydroxylation is 1. The van der Waals surface area contributed by atoms with Gasteiger partial charge in [0.1, 0.15) is 11.6 Å². The van der Waals surface area contributed by atoms with Gasteiger partial charge in [0, 0.05) is 31.1 Å². The van der Waals surface area contributed by atoms with Crippen molar-refractivity contribution in [2.45, 2.75) is 19.9 Å². The molecule has 0 saturated heterocycles. The third-order valence-corrected chi connectivity index (χ3v) is 4.47. The lowest BCUT2D eigenvalue weighted by Gasteiger charge is -2.23. The highest BCUT2D eigenvalue weighted by Gasteiger charge is 2.21. The molecule has 8 nitrogen and oxygen atoms in total. The van der Waals surface area contributed by atoms with Crippen molar-refractivity contribution >= 4 is 29.2 Å². The molecule has 2 N–H and O–H groups in total. The number of ether oxygens (including phenoxy) is 2. The minimum Gasteiger partial charge on any atom is -0.497 e. The van der Waals surface area contributed by atoms with E-state index in [4.69, 9.17) is 9.47 Å². The molecule has 8 heteroatoms. The van der Waals surface area contributed by atoms with Gasteiger partial charge < -0.3 is 20.1 Å². The molecular weight excluding hydrogens is 394 g/mol. The van der Waals surface area contributed by atoms with E-state index in [1.54, 1.807) is 50.7 Å². The Kier molecular flexibility index (Phi) is 7.40. The lowest BCUT2D eigenvalue weighted by atomic mass is 10.2. The van der Waals surface area contributed by atoms with Crippen LogP contribution in [-0.2, 0) is 4.74 Å². The zero-order valence-electron chi connectivity index (χ0n) is 18.1. The molecule has 2 aromatic carbocycles. The van der Waals surface area contributed by atoms with Crippen LogP contribution < -0.4 is 20.3 Å². The molecule has 0 bridgehead atoms. The smallest absolute Gasteiger partial charge is 0.332 e. The number of nitrogens with zero attached hydrogens (tertiary/aromatic N) is 3. The third-order valence-electron chi connectivity index (χ3n) is 4.47. The maximum absolute atomic E-state index is 13.3. The van der Waals surface area contributed by atoms with E-state index >= 15 is 0 Å². The first-order valence-corrected chi connectivity index (χ1v) is 9.90. The number of hydrogen-bond donors (Lipinski definition) is 2. The highest BCUT2D eigenvalue weighted by Crippen LogP contribution is 2.27. The normalized spacial score (nSPS) is 11.5. The van der Waals surface area contributed by atoms with Crippen LogP contribution in [0.25, 0.3) is 0 Å². The highest BCUT2D eigenvalue weighted by atomic mass is 16.5. The molecule has 1 aromatic heterocycles. The second-order valence-corrected chi connectivity index (χ2v) is 7.07. The maximum Gasteiger partial charge on any atom is 0.332 e. The van der Waals surface area contributed by atoms with Crippen molar-refractivity contribution in [3.63, 3.8) is 0 Å². The summed E-state index contributed by atoms with van der Waals surface area (Å²) in [5.41, 5.74) is 2.39. The van der Waals surface area contributed by atoms with Gasteiger partial charge in [-0.15, -0.1) is 0 Å². The first-order valence-electron chi connectivity index (χ1n) is 9.90. The number of methoxy groups -OCH3 is 2. The molecule has 2 amide bonds. The van der Waals surface area contributed by atoms with Gasteiger partial charge in [-0.3, -0.25) is 0 Å². The Morgan fingerprint density at radius 3 is 2.58 bits per heavy atom. The molecule has 162 valence electrons. The lowest BCUT2D eigenvalue weighted by Crippen LogP contribution is -2.32. The molecule has 0 radical (unpaired) electrons. The first kappa shape index (κ1) is 22.0. The largest absolute Gasteiger partial charge is 0.497 e. The molecule has 0 aliphatic rings. The number of anilines is 4. The second-order valence-electron chi connectivity index (χ2n) is 7.07. The van der Waals surface area contributed by atoms with Gasteiger partial charge in [0.05, 0.1) is 19.4 Å². The summed E-state index contributed by atoms with van der Waals surface area (Å²) in [5, 5.41) is 6.12. The summed E-state index contributed by atoms with van der Waals surface area (Å²) in [6.07, 6.45) is 1.61. The van der Waals surface area contributed by atoms with E-state index in [0.29, 0.717) is 35.5 Å². The van der Waals surface area contributed by atoms with Crippen LogP contribution in [0.5, 0.6) is 5.75 Å². The molecule has 1 atom stereocenters. The number of benzene rings is 2. The maximum atomic E-state index is 13.3. The van der Waals surface area contributed by atoms with E-state index in [0.717, 1.165) is 5.56 Å². The molecule has 0 aliphatic carbocycles. The SMILES string of the molecule is COC[C@H](C)Nc1nccc(N(C(=O)Nc2cccc(C)c2)c2ccc(OC)cc2)n1. The van der Waals surface area contributed by atoms with Crippen LogP contribution in [0.15, 0.2) is 60.8 Å². The second kappa shape index (κ2) is 10.4. The summed E-state index contributed by atoms with van der Waals surface area (Å²) >= 11 is 0. The van der Waals surface area contributed by atoms with Gasteiger partial charge in [-0.25, -0.2) is 14.7 Å². The van der Waals surface area contributed by atoms with Crippen molar-refractivity contribution in [3.8, 4) is 5.75 Å². The fraction of sp³-hybridized carbons (Fsp3) is 0.261. The van der Waals surface area contributed by atoms with Crippen molar-refractivity contribution in [2.24, 2.45) is 0 Å². The Bertz CT molecular complexity index is 1010. The fourth-order valence-electron chi connectivity index (χ4n) is 3.04. The van der Waals surface area contributed by atoms with E-state index < -0.39 is 0 Å². The number of amides is 2. The quantitative estimate of drug-likeness (QED) is 0.552. The number of aromatic nitrogens is 2. The average Bonchev–Trinajstić information content (AvgIpc) is 2.75. The van der Waals surface area contributed by atoms with Gasteiger partial charge in [0.2, 0.25) is 5.95 Å². The molecule has 31 heavy (non-hydrogen) atoms. The number of carbonyl (C=O) groups is 1. The lowest BCUT2D eigenvalue weighted by molar-refractivity contribution is 0.190. The number of rotatable bonds is 8. The van der Waals surface area contributed by atoms with Crippen LogP contribution >= 0.6 is 0 Å². The zero-order chi connectivity index (χ0) is 22.2. The predicted octanol–water partition coefficient (Wildman–Crippen LogP) is 4.61.